The van der Waals surface area contributed by atoms with Gasteiger partial charge in [0.15, 0.2) is 5.82 Å². The molecule has 1 saturated carbocycles. The van der Waals surface area contributed by atoms with Crippen LogP contribution in [0.15, 0.2) is 30.5 Å². The fourth-order valence-electron chi connectivity index (χ4n) is 6.23. The number of carbonyl (C=O) groups is 3. The van der Waals surface area contributed by atoms with Crippen LogP contribution in [0.2, 0.25) is 0 Å². The van der Waals surface area contributed by atoms with E-state index in [2.05, 4.69) is 15.2 Å². The van der Waals surface area contributed by atoms with Crippen molar-refractivity contribution in [2.75, 3.05) is 13.1 Å². The number of carbonyl (C=O) groups excluding carboxylic acids is 3. The molecule has 4 aliphatic rings. The third-order valence-corrected chi connectivity index (χ3v) is 7.96. The molecule has 8 heteroatoms. The van der Waals surface area contributed by atoms with Crippen LogP contribution in [0, 0.1) is 17.7 Å². The summed E-state index contributed by atoms with van der Waals surface area (Å²) in [5, 5.41) is 2.31. The van der Waals surface area contributed by atoms with Crippen molar-refractivity contribution >= 4 is 17.7 Å². The van der Waals surface area contributed by atoms with Crippen LogP contribution in [0.4, 0.5) is 4.39 Å². The highest BCUT2D eigenvalue weighted by molar-refractivity contribution is 6.05. The molecular weight excluding hydrogens is 435 g/mol. The van der Waals surface area contributed by atoms with Crippen LogP contribution in [0.1, 0.15) is 53.6 Å². The van der Waals surface area contributed by atoms with Crippen molar-refractivity contribution in [1.82, 2.24) is 20.1 Å². The maximum Gasteiger partial charge on any atom is 0.255 e. The normalized spacial score (nSPS) is 26.7. The van der Waals surface area contributed by atoms with E-state index >= 15 is 4.39 Å². The van der Waals surface area contributed by atoms with Crippen LogP contribution in [-0.4, -0.2) is 51.6 Å². The third-order valence-electron chi connectivity index (χ3n) is 7.96. The Morgan fingerprint density at radius 2 is 1.85 bits per heavy atom. The number of amides is 3. The Bertz CT molecular complexity index is 1190. The Morgan fingerprint density at radius 1 is 1.06 bits per heavy atom. The van der Waals surface area contributed by atoms with Crippen LogP contribution in [-0.2, 0) is 22.7 Å². The van der Waals surface area contributed by atoms with Gasteiger partial charge in [0.1, 0.15) is 11.7 Å². The first kappa shape index (κ1) is 21.4. The van der Waals surface area contributed by atoms with E-state index in [4.69, 9.17) is 0 Å². The number of fused-ring (bicyclic) bond motifs is 2. The van der Waals surface area contributed by atoms with Crippen molar-refractivity contribution < 1.29 is 18.8 Å². The molecule has 0 spiro atoms. The zero-order valence-corrected chi connectivity index (χ0v) is 18.9. The number of imide groups is 1. The first-order valence-electron chi connectivity index (χ1n) is 12.1. The Labute approximate surface area is 197 Å². The Balaban J connectivity index is 1.22. The molecule has 1 aromatic heterocycles. The number of nitrogens with one attached hydrogen (secondary N) is 1. The molecule has 3 atom stereocenters. The van der Waals surface area contributed by atoms with E-state index in [1.807, 2.05) is 0 Å². The van der Waals surface area contributed by atoms with E-state index in [9.17, 15) is 14.4 Å². The first-order valence-corrected chi connectivity index (χ1v) is 12.1. The van der Waals surface area contributed by atoms with E-state index in [1.165, 1.54) is 24.2 Å². The van der Waals surface area contributed by atoms with Gasteiger partial charge in [0.2, 0.25) is 11.8 Å². The standard InChI is InChI=1S/C26H27FN4O3/c27-23-18(13-30-11-16-2-1-3-17(16)12-30)8-9-28-24(23)15-4-5-20-19(10-15)14-31(26(20)34)21-6-7-22(32)29-25(21)33/h4-5,8-10,16-17,21H,1-3,6-7,11-14H2,(H,29,32,33)/t16?,17?,21-/m1/s1. The number of halogens is 1. The van der Waals surface area contributed by atoms with Crippen molar-refractivity contribution in [3.63, 3.8) is 0 Å². The minimum atomic E-state index is -0.667. The van der Waals surface area contributed by atoms with E-state index < -0.39 is 11.9 Å². The molecule has 1 aromatic carbocycles. The molecule has 3 amide bonds. The topological polar surface area (TPSA) is 82.6 Å². The van der Waals surface area contributed by atoms with E-state index in [1.54, 1.807) is 30.5 Å². The van der Waals surface area contributed by atoms with Gasteiger partial charge in [-0.05, 0) is 54.9 Å². The molecule has 1 N–H and O–H groups in total. The highest BCUT2D eigenvalue weighted by Crippen LogP contribution is 2.38. The molecule has 3 fully saturated rings. The molecule has 4 heterocycles. The largest absolute Gasteiger partial charge is 0.322 e. The molecular formula is C26H27FN4O3. The van der Waals surface area contributed by atoms with Crippen LogP contribution in [0.3, 0.4) is 0 Å². The Hall–Kier alpha value is -3.13. The van der Waals surface area contributed by atoms with Gasteiger partial charge in [-0.3, -0.25) is 29.6 Å². The number of hydrogen-bond donors (Lipinski definition) is 1. The fraction of sp³-hybridized carbons (Fsp3) is 0.462. The van der Waals surface area contributed by atoms with Gasteiger partial charge >= 0.3 is 0 Å². The quantitative estimate of drug-likeness (QED) is 0.707. The summed E-state index contributed by atoms with van der Waals surface area (Å²) < 4.78 is 15.5. The molecule has 6 rings (SSSR count). The van der Waals surface area contributed by atoms with Crippen LogP contribution in [0.25, 0.3) is 11.3 Å². The number of hydrogen-bond acceptors (Lipinski definition) is 5. The van der Waals surface area contributed by atoms with Crippen molar-refractivity contribution in [2.24, 2.45) is 11.8 Å². The first-order chi connectivity index (χ1) is 16.5. The predicted molar refractivity (Wildman–Crippen MR) is 122 cm³/mol. The summed E-state index contributed by atoms with van der Waals surface area (Å²) in [7, 11) is 0. The second-order valence-corrected chi connectivity index (χ2v) is 10.0. The average molecular weight is 463 g/mol. The van der Waals surface area contributed by atoms with Gasteiger partial charge in [-0.2, -0.15) is 0 Å². The lowest BCUT2D eigenvalue weighted by molar-refractivity contribution is -0.136. The summed E-state index contributed by atoms with van der Waals surface area (Å²) in [5.74, 6) is 0.205. The van der Waals surface area contributed by atoms with E-state index in [-0.39, 0.29) is 36.3 Å². The minimum absolute atomic E-state index is 0.211. The van der Waals surface area contributed by atoms with Gasteiger partial charge in [-0.15, -0.1) is 0 Å². The second-order valence-electron chi connectivity index (χ2n) is 10.0. The highest BCUT2D eigenvalue weighted by atomic mass is 19.1. The smallest absolute Gasteiger partial charge is 0.255 e. The maximum atomic E-state index is 15.5. The SMILES string of the molecule is O=C1CC[C@@H](N2Cc3cc(-c4nccc(CN5CC6CCCC6C5)c4F)ccc3C2=O)C(=O)N1. The Kier molecular flexibility index (Phi) is 5.21. The van der Waals surface area contributed by atoms with Crippen molar-refractivity contribution in [3.05, 3.63) is 53.0 Å². The number of aromatic nitrogens is 1. The van der Waals surface area contributed by atoms with Crippen LogP contribution in [0.5, 0.6) is 0 Å². The predicted octanol–water partition coefficient (Wildman–Crippen LogP) is 2.88. The summed E-state index contributed by atoms with van der Waals surface area (Å²) in [6, 6.07) is 6.30. The number of likely N-dealkylation sites (tertiary alicyclic amines) is 1. The number of piperidine rings is 1. The van der Waals surface area contributed by atoms with Gasteiger partial charge < -0.3 is 4.90 Å². The monoisotopic (exact) mass is 462 g/mol. The van der Waals surface area contributed by atoms with Crippen molar-refractivity contribution in [2.45, 2.75) is 51.2 Å². The summed E-state index contributed by atoms with van der Waals surface area (Å²) in [4.78, 5) is 44.9. The Morgan fingerprint density at radius 3 is 2.62 bits per heavy atom. The molecule has 3 aliphatic heterocycles. The van der Waals surface area contributed by atoms with Crippen LogP contribution < -0.4 is 5.32 Å². The zero-order chi connectivity index (χ0) is 23.4. The van der Waals surface area contributed by atoms with Gasteiger partial charge in [0.05, 0.1) is 0 Å². The average Bonchev–Trinajstić information content (AvgIpc) is 3.49. The summed E-state index contributed by atoms with van der Waals surface area (Å²) in [5.41, 5.74) is 2.80. The zero-order valence-electron chi connectivity index (χ0n) is 18.9. The summed E-state index contributed by atoms with van der Waals surface area (Å²) in [6.07, 6.45) is 6.07. The third kappa shape index (κ3) is 3.60. The molecule has 1 aliphatic carbocycles. The number of nitrogens with zero attached hydrogens (tertiary/aromatic N) is 3. The van der Waals surface area contributed by atoms with Gasteiger partial charge in [-0.25, -0.2) is 4.39 Å². The lowest BCUT2D eigenvalue weighted by Crippen LogP contribution is -2.52. The summed E-state index contributed by atoms with van der Waals surface area (Å²) >= 11 is 0. The highest BCUT2D eigenvalue weighted by Gasteiger charge is 2.39. The van der Waals surface area contributed by atoms with Crippen molar-refractivity contribution in [3.8, 4) is 11.3 Å². The number of benzene rings is 1. The fourth-order valence-corrected chi connectivity index (χ4v) is 6.23. The van der Waals surface area contributed by atoms with Crippen molar-refractivity contribution in [1.29, 1.82) is 0 Å². The van der Waals surface area contributed by atoms with E-state index in [0.29, 0.717) is 29.7 Å². The molecule has 2 unspecified atom stereocenters. The second kappa shape index (κ2) is 8.27. The minimum Gasteiger partial charge on any atom is -0.322 e. The van der Waals surface area contributed by atoms with Gasteiger partial charge in [-0.1, -0.05) is 12.5 Å². The number of rotatable bonds is 4. The maximum absolute atomic E-state index is 15.5. The van der Waals surface area contributed by atoms with Crippen LogP contribution >= 0.6 is 0 Å². The molecule has 7 nitrogen and oxygen atoms in total. The molecule has 0 radical (unpaired) electrons. The lowest BCUT2D eigenvalue weighted by atomic mass is 10.0. The molecule has 2 aromatic rings. The lowest BCUT2D eigenvalue weighted by Gasteiger charge is -2.29. The van der Waals surface area contributed by atoms with E-state index in [0.717, 1.165) is 30.5 Å². The molecule has 0 bridgehead atoms. The number of pyridine rings is 1. The molecule has 2 saturated heterocycles. The van der Waals surface area contributed by atoms with Gasteiger partial charge in [0, 0.05) is 55.5 Å². The molecule has 34 heavy (non-hydrogen) atoms. The molecule has 176 valence electrons. The summed E-state index contributed by atoms with van der Waals surface area (Å²) in [6.45, 7) is 2.92. The van der Waals surface area contributed by atoms with Gasteiger partial charge in [0.25, 0.3) is 5.91 Å².